The van der Waals surface area contributed by atoms with E-state index in [1.807, 2.05) is 36.4 Å². The van der Waals surface area contributed by atoms with Crippen LogP contribution in [0, 0.1) is 5.92 Å². The van der Waals surface area contributed by atoms with E-state index in [1.54, 1.807) is 24.5 Å². The second-order valence-corrected chi connectivity index (χ2v) is 7.98. The first-order chi connectivity index (χ1) is 14.2. The zero-order valence-corrected chi connectivity index (χ0v) is 16.5. The average Bonchev–Trinajstić information content (AvgIpc) is 3.44. The number of ketones is 1. The second kappa shape index (κ2) is 7.41. The van der Waals surface area contributed by atoms with Gasteiger partial charge in [0.2, 0.25) is 0 Å². The van der Waals surface area contributed by atoms with Gasteiger partial charge in [-0.3, -0.25) is 4.79 Å². The predicted octanol–water partition coefficient (Wildman–Crippen LogP) is 6.66. The summed E-state index contributed by atoms with van der Waals surface area (Å²) in [6.45, 7) is 0. The van der Waals surface area contributed by atoms with Gasteiger partial charge in [-0.2, -0.15) is 0 Å². The van der Waals surface area contributed by atoms with Gasteiger partial charge in [0, 0.05) is 22.2 Å². The molecule has 3 atom stereocenters. The number of anilines is 1. The number of benzene rings is 2. The second-order valence-electron chi connectivity index (χ2n) is 7.54. The summed E-state index contributed by atoms with van der Waals surface area (Å²) in [7, 11) is 0. The first-order valence-corrected chi connectivity index (χ1v) is 10.2. The van der Waals surface area contributed by atoms with Gasteiger partial charge < -0.3 is 9.73 Å². The smallest absolute Gasteiger partial charge is 0.185 e. The molecule has 0 unspecified atom stereocenters. The number of furan rings is 1. The molecule has 3 nitrogen and oxygen atoms in total. The van der Waals surface area contributed by atoms with Crippen molar-refractivity contribution in [2.45, 2.75) is 18.4 Å². The summed E-state index contributed by atoms with van der Waals surface area (Å²) in [6.07, 6.45) is 10.4. The van der Waals surface area contributed by atoms with E-state index >= 15 is 0 Å². The number of carbonyl (C=O) groups excluding carboxylic acids is 1. The van der Waals surface area contributed by atoms with Gasteiger partial charge in [0.1, 0.15) is 5.76 Å². The lowest BCUT2D eigenvalue weighted by Crippen LogP contribution is -2.29. The van der Waals surface area contributed by atoms with Gasteiger partial charge in [-0.05, 0) is 78.1 Å². The quantitative estimate of drug-likeness (QED) is 0.302. The third kappa shape index (κ3) is 3.43. The lowest BCUT2D eigenvalue weighted by Gasteiger charge is -2.37. The molecule has 0 saturated heterocycles. The Labute approximate surface area is 174 Å². The van der Waals surface area contributed by atoms with Gasteiger partial charge in [-0.1, -0.05) is 35.9 Å². The third-order valence-electron chi connectivity index (χ3n) is 5.82. The first-order valence-electron chi connectivity index (χ1n) is 9.77. The largest absolute Gasteiger partial charge is 0.465 e. The van der Waals surface area contributed by atoms with Gasteiger partial charge in [-0.25, -0.2) is 0 Å². The average molecular weight is 402 g/mol. The summed E-state index contributed by atoms with van der Waals surface area (Å²) in [4.78, 5) is 12.7. The summed E-state index contributed by atoms with van der Waals surface area (Å²) in [5.41, 5.74) is 4.20. The molecule has 1 aromatic heterocycles. The Morgan fingerprint density at radius 1 is 1.14 bits per heavy atom. The van der Waals surface area contributed by atoms with Crippen LogP contribution in [-0.2, 0) is 0 Å². The summed E-state index contributed by atoms with van der Waals surface area (Å²) < 4.78 is 5.26. The van der Waals surface area contributed by atoms with Crippen LogP contribution in [0.4, 0.5) is 5.69 Å². The molecule has 1 aliphatic carbocycles. The van der Waals surface area contributed by atoms with Gasteiger partial charge in [0.15, 0.2) is 5.78 Å². The number of halogens is 1. The van der Waals surface area contributed by atoms with E-state index in [1.165, 1.54) is 11.1 Å². The van der Waals surface area contributed by atoms with Crippen LogP contribution in [-0.4, -0.2) is 5.78 Å². The number of fused-ring (bicyclic) bond motifs is 3. The Bertz CT molecular complexity index is 1100. The minimum absolute atomic E-state index is 0.0254. The van der Waals surface area contributed by atoms with E-state index < -0.39 is 0 Å². The molecule has 0 radical (unpaired) electrons. The van der Waals surface area contributed by atoms with Gasteiger partial charge >= 0.3 is 0 Å². The first kappa shape index (κ1) is 18.0. The number of allylic oxidation sites excluding steroid dienone is 3. The molecule has 1 N–H and O–H groups in total. The van der Waals surface area contributed by atoms with Crippen LogP contribution >= 0.6 is 11.6 Å². The van der Waals surface area contributed by atoms with Crippen LogP contribution in [0.3, 0.4) is 0 Å². The normalized spacial score (nSPS) is 22.3. The summed E-state index contributed by atoms with van der Waals surface area (Å²) >= 11 is 6.07. The van der Waals surface area contributed by atoms with Crippen molar-refractivity contribution >= 4 is 29.1 Å². The van der Waals surface area contributed by atoms with Crippen LogP contribution in [0.25, 0.3) is 6.08 Å². The molecule has 0 bridgehead atoms. The van der Waals surface area contributed by atoms with Crippen molar-refractivity contribution in [3.8, 4) is 0 Å². The molecule has 1 aliphatic heterocycles. The van der Waals surface area contributed by atoms with Gasteiger partial charge in [0.25, 0.3) is 0 Å². The molecule has 5 rings (SSSR count). The van der Waals surface area contributed by atoms with Crippen LogP contribution < -0.4 is 5.32 Å². The van der Waals surface area contributed by atoms with E-state index in [2.05, 4.69) is 29.6 Å². The minimum Gasteiger partial charge on any atom is -0.465 e. The SMILES string of the molecule is O=C(/C=C/c1ccco1)c1ccc2c(c1)[C@H]1C=CC[C@H]1[C@H](c1ccc(Cl)cc1)N2. The summed E-state index contributed by atoms with van der Waals surface area (Å²) in [5.74, 6) is 1.37. The predicted molar refractivity (Wildman–Crippen MR) is 116 cm³/mol. The Balaban J connectivity index is 1.45. The third-order valence-corrected chi connectivity index (χ3v) is 6.07. The van der Waals surface area contributed by atoms with Crippen LogP contribution in [0.2, 0.25) is 5.02 Å². The van der Waals surface area contributed by atoms with Crippen molar-refractivity contribution in [2.24, 2.45) is 5.92 Å². The maximum Gasteiger partial charge on any atom is 0.185 e. The van der Waals surface area contributed by atoms with Gasteiger partial charge in [-0.15, -0.1) is 0 Å². The standard InChI is InChI=1S/C25H20ClNO2/c26-18-9-6-16(7-10-18)25-21-5-1-4-20(21)22-15-17(8-12-23(22)27-25)24(28)13-11-19-3-2-14-29-19/h1-4,6-15,20-21,25,27H,5H2/b13-11+/t20-,21+,25-/m0/s1. The van der Waals surface area contributed by atoms with E-state index in [0.717, 1.165) is 17.1 Å². The lowest BCUT2D eigenvalue weighted by atomic mass is 9.76. The van der Waals surface area contributed by atoms with Crippen LogP contribution in [0.15, 0.2) is 83.5 Å². The Kier molecular flexibility index (Phi) is 4.61. The minimum atomic E-state index is -0.0254. The number of hydrogen-bond donors (Lipinski definition) is 1. The van der Waals surface area contributed by atoms with E-state index in [-0.39, 0.29) is 11.8 Å². The van der Waals surface area contributed by atoms with Crippen molar-refractivity contribution in [2.75, 3.05) is 5.32 Å². The zero-order valence-electron chi connectivity index (χ0n) is 15.7. The molecular weight excluding hydrogens is 382 g/mol. The molecule has 2 heterocycles. The molecule has 0 saturated carbocycles. The number of rotatable bonds is 4. The monoisotopic (exact) mass is 401 g/mol. The molecule has 0 fully saturated rings. The number of carbonyl (C=O) groups is 1. The Morgan fingerprint density at radius 3 is 2.79 bits per heavy atom. The van der Waals surface area contributed by atoms with Crippen molar-refractivity contribution in [1.29, 1.82) is 0 Å². The highest BCUT2D eigenvalue weighted by molar-refractivity contribution is 6.30. The fraction of sp³-hybridized carbons (Fsp3) is 0.160. The van der Waals surface area contributed by atoms with Crippen molar-refractivity contribution in [3.05, 3.63) is 107 Å². The number of hydrogen-bond acceptors (Lipinski definition) is 3. The molecule has 29 heavy (non-hydrogen) atoms. The van der Waals surface area contributed by atoms with Crippen molar-refractivity contribution < 1.29 is 9.21 Å². The molecule has 2 aliphatic rings. The van der Waals surface area contributed by atoms with Crippen molar-refractivity contribution in [3.63, 3.8) is 0 Å². The molecule has 4 heteroatoms. The molecule has 3 aromatic rings. The number of nitrogens with one attached hydrogen (secondary N) is 1. The highest BCUT2D eigenvalue weighted by Gasteiger charge is 2.38. The zero-order chi connectivity index (χ0) is 19.8. The maximum absolute atomic E-state index is 12.7. The molecule has 2 aromatic carbocycles. The topological polar surface area (TPSA) is 42.2 Å². The van der Waals surface area contributed by atoms with Crippen LogP contribution in [0.5, 0.6) is 0 Å². The Hall–Kier alpha value is -3.04. The Morgan fingerprint density at radius 2 is 2.00 bits per heavy atom. The molecule has 0 spiro atoms. The highest BCUT2D eigenvalue weighted by Crippen LogP contribution is 2.50. The van der Waals surface area contributed by atoms with E-state index in [0.29, 0.717) is 23.2 Å². The molecule has 0 amide bonds. The van der Waals surface area contributed by atoms with Crippen molar-refractivity contribution in [1.82, 2.24) is 0 Å². The summed E-state index contributed by atoms with van der Waals surface area (Å²) in [5, 5.41) is 4.44. The fourth-order valence-electron chi connectivity index (χ4n) is 4.39. The lowest BCUT2D eigenvalue weighted by molar-refractivity contribution is 0.104. The fourth-order valence-corrected chi connectivity index (χ4v) is 4.51. The van der Waals surface area contributed by atoms with E-state index in [9.17, 15) is 4.79 Å². The maximum atomic E-state index is 12.7. The molecule has 144 valence electrons. The summed E-state index contributed by atoms with van der Waals surface area (Å²) in [6, 6.07) is 17.9. The van der Waals surface area contributed by atoms with E-state index in [4.69, 9.17) is 16.0 Å². The van der Waals surface area contributed by atoms with Gasteiger partial charge in [0.05, 0.1) is 12.3 Å². The van der Waals surface area contributed by atoms with Crippen LogP contribution in [0.1, 0.15) is 45.6 Å². The highest BCUT2D eigenvalue weighted by atomic mass is 35.5. The molecular formula is C25H20ClNO2.